The lowest BCUT2D eigenvalue weighted by Crippen LogP contribution is -2.30. The van der Waals surface area contributed by atoms with Crippen molar-refractivity contribution in [3.8, 4) is 5.75 Å². The maximum absolute atomic E-state index is 6.15. The molecular weight excluding hydrogens is 200 g/mol. The average molecular weight is 218 g/mol. The lowest BCUT2D eigenvalue weighted by atomic mass is 10.0. The summed E-state index contributed by atoms with van der Waals surface area (Å²) < 4.78 is 7.48. The monoisotopic (exact) mass is 218 g/mol. The fraction of sp³-hybridized carbons (Fsp3) is 0.385. The molecule has 0 aliphatic rings. The van der Waals surface area contributed by atoms with Crippen LogP contribution in [-0.2, 0) is 12.6 Å². The molecule has 0 spiro atoms. The van der Waals surface area contributed by atoms with Gasteiger partial charge in [0.15, 0.2) is 0 Å². The molecule has 3 nitrogen and oxygen atoms in total. The van der Waals surface area contributed by atoms with E-state index in [1.54, 1.807) is 7.11 Å². The topological polar surface area (TPSA) is 40.2 Å². The van der Waals surface area contributed by atoms with E-state index in [0.717, 1.165) is 22.3 Å². The number of ether oxygens (including phenoxy) is 1. The Morgan fingerprint density at radius 3 is 2.56 bits per heavy atom. The first-order valence-corrected chi connectivity index (χ1v) is 5.37. The fourth-order valence-electron chi connectivity index (χ4n) is 2.16. The van der Waals surface area contributed by atoms with E-state index in [0.29, 0.717) is 0 Å². The van der Waals surface area contributed by atoms with Crippen LogP contribution in [0.15, 0.2) is 24.3 Å². The summed E-state index contributed by atoms with van der Waals surface area (Å²) in [6.07, 6.45) is 0. The van der Waals surface area contributed by atoms with Crippen molar-refractivity contribution in [1.29, 1.82) is 0 Å². The van der Waals surface area contributed by atoms with E-state index in [1.165, 1.54) is 0 Å². The third-order valence-corrected chi connectivity index (χ3v) is 2.90. The van der Waals surface area contributed by atoms with E-state index in [9.17, 15) is 0 Å². The average Bonchev–Trinajstić information content (AvgIpc) is 2.56. The largest absolute Gasteiger partial charge is 0.495 e. The van der Waals surface area contributed by atoms with Crippen molar-refractivity contribution in [3.63, 3.8) is 0 Å². The van der Waals surface area contributed by atoms with Crippen molar-refractivity contribution in [2.75, 3.05) is 7.11 Å². The van der Waals surface area contributed by atoms with E-state index < -0.39 is 0 Å². The van der Waals surface area contributed by atoms with Gasteiger partial charge in [-0.1, -0.05) is 12.1 Å². The Hall–Kier alpha value is -1.48. The van der Waals surface area contributed by atoms with Crippen LogP contribution in [0.3, 0.4) is 0 Å². The first-order chi connectivity index (χ1) is 7.45. The molecule has 1 aromatic heterocycles. The van der Waals surface area contributed by atoms with Gasteiger partial charge in [0.1, 0.15) is 5.75 Å². The molecular formula is C13H18N2O. The molecule has 0 bridgehead atoms. The molecule has 0 amide bonds. The maximum Gasteiger partial charge on any atom is 0.143 e. The first kappa shape index (κ1) is 11.0. The van der Waals surface area contributed by atoms with Crippen LogP contribution in [0, 0.1) is 0 Å². The molecule has 0 unspecified atom stereocenters. The van der Waals surface area contributed by atoms with Crippen LogP contribution >= 0.6 is 0 Å². The minimum absolute atomic E-state index is 0.348. The van der Waals surface area contributed by atoms with E-state index in [2.05, 4.69) is 16.7 Å². The summed E-state index contributed by atoms with van der Waals surface area (Å²) in [5, 5.41) is 1.16. The third kappa shape index (κ3) is 1.57. The van der Waals surface area contributed by atoms with Gasteiger partial charge in [-0.05, 0) is 26.0 Å². The molecule has 3 heteroatoms. The molecule has 0 atom stereocenters. The zero-order chi connectivity index (χ0) is 11.9. The molecule has 1 aromatic carbocycles. The number of nitrogens with zero attached hydrogens (tertiary/aromatic N) is 1. The number of aryl methyl sites for hydroxylation is 1. The summed E-state index contributed by atoms with van der Waals surface area (Å²) in [7, 11) is 3.71. The van der Waals surface area contributed by atoms with Crippen molar-refractivity contribution in [2.45, 2.75) is 19.4 Å². The molecule has 0 fully saturated rings. The summed E-state index contributed by atoms with van der Waals surface area (Å²) in [4.78, 5) is 0. The van der Waals surface area contributed by atoms with E-state index >= 15 is 0 Å². The highest BCUT2D eigenvalue weighted by atomic mass is 16.5. The molecule has 0 aliphatic heterocycles. The highest BCUT2D eigenvalue weighted by molar-refractivity contribution is 5.87. The second-order valence-electron chi connectivity index (χ2n) is 4.71. The molecule has 1 heterocycles. The number of para-hydroxylation sites is 1. The van der Waals surface area contributed by atoms with Crippen LogP contribution < -0.4 is 10.5 Å². The molecule has 0 saturated carbocycles. The van der Waals surface area contributed by atoms with Crippen molar-refractivity contribution < 1.29 is 4.74 Å². The van der Waals surface area contributed by atoms with Gasteiger partial charge in [0.25, 0.3) is 0 Å². The van der Waals surface area contributed by atoms with Crippen molar-refractivity contribution in [3.05, 3.63) is 30.0 Å². The predicted octanol–water partition coefficient (Wildman–Crippen LogP) is 2.38. The minimum Gasteiger partial charge on any atom is -0.495 e. The first-order valence-electron chi connectivity index (χ1n) is 5.37. The highest BCUT2D eigenvalue weighted by Crippen LogP contribution is 2.31. The smallest absolute Gasteiger partial charge is 0.143 e. The summed E-state index contributed by atoms with van der Waals surface area (Å²) in [5.74, 6) is 0.885. The van der Waals surface area contributed by atoms with Gasteiger partial charge < -0.3 is 15.0 Å². The van der Waals surface area contributed by atoms with Gasteiger partial charge in [0.05, 0.1) is 18.2 Å². The van der Waals surface area contributed by atoms with Gasteiger partial charge >= 0.3 is 0 Å². The van der Waals surface area contributed by atoms with Crippen LogP contribution in [0.4, 0.5) is 0 Å². The number of methoxy groups -OCH3 is 1. The molecule has 2 N–H and O–H groups in total. The number of hydrogen-bond acceptors (Lipinski definition) is 2. The third-order valence-electron chi connectivity index (χ3n) is 2.90. The van der Waals surface area contributed by atoms with E-state index in [1.807, 2.05) is 33.0 Å². The standard InChI is InChI=1S/C13H18N2O/c1-13(2,14)11-8-9-6-5-7-10(16-4)12(9)15(11)3/h5-8H,14H2,1-4H3. The number of rotatable bonds is 2. The van der Waals surface area contributed by atoms with Crippen LogP contribution in [0.5, 0.6) is 5.75 Å². The lowest BCUT2D eigenvalue weighted by Gasteiger charge is -2.20. The Kier molecular flexibility index (Phi) is 2.43. The SMILES string of the molecule is COc1cccc2cc(C(C)(C)N)n(C)c12. The summed E-state index contributed by atoms with van der Waals surface area (Å²) in [5.41, 5.74) is 8.00. The number of aromatic nitrogens is 1. The Morgan fingerprint density at radius 2 is 2.00 bits per heavy atom. The Morgan fingerprint density at radius 1 is 1.31 bits per heavy atom. The van der Waals surface area contributed by atoms with Crippen molar-refractivity contribution >= 4 is 10.9 Å². The zero-order valence-electron chi connectivity index (χ0n) is 10.2. The minimum atomic E-state index is -0.348. The Balaban J connectivity index is 2.79. The number of hydrogen-bond donors (Lipinski definition) is 1. The fourth-order valence-corrected chi connectivity index (χ4v) is 2.16. The predicted molar refractivity (Wildman–Crippen MR) is 66.7 cm³/mol. The molecule has 86 valence electrons. The van der Waals surface area contributed by atoms with Crippen LogP contribution in [0.25, 0.3) is 10.9 Å². The molecule has 16 heavy (non-hydrogen) atoms. The number of benzene rings is 1. The van der Waals surface area contributed by atoms with E-state index in [4.69, 9.17) is 10.5 Å². The van der Waals surface area contributed by atoms with Gasteiger partial charge in [-0.3, -0.25) is 0 Å². The van der Waals surface area contributed by atoms with E-state index in [-0.39, 0.29) is 5.54 Å². The van der Waals surface area contributed by atoms with Crippen LogP contribution in [-0.4, -0.2) is 11.7 Å². The summed E-state index contributed by atoms with van der Waals surface area (Å²) >= 11 is 0. The number of nitrogens with two attached hydrogens (primary N) is 1. The molecule has 0 aliphatic carbocycles. The summed E-state index contributed by atoms with van der Waals surface area (Å²) in [6, 6.07) is 8.16. The van der Waals surface area contributed by atoms with Gasteiger partial charge in [0.2, 0.25) is 0 Å². The van der Waals surface area contributed by atoms with Crippen LogP contribution in [0.2, 0.25) is 0 Å². The molecule has 2 rings (SSSR count). The normalized spacial score (nSPS) is 12.1. The van der Waals surface area contributed by atoms with Crippen LogP contribution in [0.1, 0.15) is 19.5 Å². The zero-order valence-corrected chi connectivity index (χ0v) is 10.2. The Bertz CT molecular complexity index is 520. The van der Waals surface area contributed by atoms with Gasteiger partial charge in [-0.25, -0.2) is 0 Å². The highest BCUT2D eigenvalue weighted by Gasteiger charge is 2.20. The second kappa shape index (κ2) is 3.52. The molecule has 2 aromatic rings. The van der Waals surface area contributed by atoms with Crippen molar-refractivity contribution in [2.24, 2.45) is 12.8 Å². The quantitative estimate of drug-likeness (QED) is 0.840. The molecule has 0 radical (unpaired) electrons. The van der Waals surface area contributed by atoms with Crippen molar-refractivity contribution in [1.82, 2.24) is 4.57 Å². The maximum atomic E-state index is 6.15. The van der Waals surface area contributed by atoms with Gasteiger partial charge in [0, 0.05) is 18.1 Å². The molecule has 0 saturated heterocycles. The number of fused-ring (bicyclic) bond motifs is 1. The summed E-state index contributed by atoms with van der Waals surface area (Å²) in [6.45, 7) is 4.02. The second-order valence-corrected chi connectivity index (χ2v) is 4.71. The Labute approximate surface area is 95.8 Å². The lowest BCUT2D eigenvalue weighted by molar-refractivity contribution is 0.417. The van der Waals surface area contributed by atoms with Gasteiger partial charge in [-0.2, -0.15) is 0 Å². The van der Waals surface area contributed by atoms with Gasteiger partial charge in [-0.15, -0.1) is 0 Å².